The number of aliphatic hydroxyl groups is 4. The number of hydrogen-bond acceptors (Lipinski definition) is 9. The van der Waals surface area contributed by atoms with Crippen molar-refractivity contribution in [3.8, 4) is 11.5 Å². The molecule has 164 valence electrons. The molecule has 9 heteroatoms. The van der Waals surface area contributed by atoms with E-state index in [1.54, 1.807) is 24.3 Å². The van der Waals surface area contributed by atoms with E-state index in [4.69, 9.17) is 18.6 Å². The van der Waals surface area contributed by atoms with Crippen molar-refractivity contribution in [2.45, 2.75) is 50.0 Å². The summed E-state index contributed by atoms with van der Waals surface area (Å²) in [5.74, 6) is 0.165. The molecule has 2 heterocycles. The summed E-state index contributed by atoms with van der Waals surface area (Å²) in [6, 6.07) is 4.93. The number of ether oxygens (including phenoxy) is 3. The standard InChI is InChI=1S/C21H26O9/c1-5-21(2,3)11-8-10-6-7-12(27-4)18(17(10)29-19(11)26)30-20-16(25)15(24)14(23)13(9-22)28-20/h5-8,13-16,20,22-25H,1,9H2,2-4H3/t13-,14-,15+,16-,20-/m1/s1. The highest BCUT2D eigenvalue weighted by molar-refractivity contribution is 5.86. The van der Waals surface area contributed by atoms with Crippen LogP contribution >= 0.6 is 0 Å². The third-order valence-electron chi connectivity index (χ3n) is 5.33. The van der Waals surface area contributed by atoms with E-state index in [-0.39, 0.29) is 17.1 Å². The summed E-state index contributed by atoms with van der Waals surface area (Å²) in [7, 11) is 1.38. The largest absolute Gasteiger partial charge is 0.493 e. The molecule has 4 N–H and O–H groups in total. The molecule has 1 aromatic heterocycles. The molecule has 1 saturated heterocycles. The van der Waals surface area contributed by atoms with Crippen molar-refractivity contribution in [3.05, 3.63) is 46.8 Å². The lowest BCUT2D eigenvalue weighted by atomic mass is 9.85. The smallest absolute Gasteiger partial charge is 0.340 e. The first kappa shape index (κ1) is 22.3. The lowest BCUT2D eigenvalue weighted by molar-refractivity contribution is -0.277. The van der Waals surface area contributed by atoms with Crippen LogP contribution in [0.3, 0.4) is 0 Å². The first-order valence-electron chi connectivity index (χ1n) is 9.40. The first-order chi connectivity index (χ1) is 14.1. The van der Waals surface area contributed by atoms with E-state index in [9.17, 15) is 25.2 Å². The number of allylic oxidation sites excluding steroid dienone is 1. The van der Waals surface area contributed by atoms with Crippen molar-refractivity contribution in [1.82, 2.24) is 0 Å². The molecule has 0 radical (unpaired) electrons. The van der Waals surface area contributed by atoms with Gasteiger partial charge in [-0.15, -0.1) is 6.58 Å². The fourth-order valence-electron chi connectivity index (χ4n) is 3.25. The SMILES string of the molecule is C=CC(C)(C)c1cc2ccc(OC)c(O[C@H]3O[C@H](CO)[C@@H](O)[C@H](O)[C@H]3O)c2oc1=O. The van der Waals surface area contributed by atoms with Gasteiger partial charge in [-0.2, -0.15) is 0 Å². The number of rotatable bonds is 6. The van der Waals surface area contributed by atoms with Gasteiger partial charge in [-0.3, -0.25) is 0 Å². The van der Waals surface area contributed by atoms with Gasteiger partial charge in [0.05, 0.1) is 13.7 Å². The molecular formula is C21H26O9. The van der Waals surface area contributed by atoms with E-state index in [0.29, 0.717) is 10.9 Å². The summed E-state index contributed by atoms with van der Waals surface area (Å²) in [6.07, 6.45) is -5.75. The number of aliphatic hydroxyl groups excluding tert-OH is 4. The summed E-state index contributed by atoms with van der Waals surface area (Å²) in [4.78, 5) is 12.6. The second kappa shape index (κ2) is 8.37. The van der Waals surface area contributed by atoms with Crippen LogP contribution in [0.4, 0.5) is 0 Å². The third kappa shape index (κ3) is 3.82. The molecule has 30 heavy (non-hydrogen) atoms. The lowest BCUT2D eigenvalue weighted by Crippen LogP contribution is -2.60. The van der Waals surface area contributed by atoms with Gasteiger partial charge in [-0.1, -0.05) is 19.9 Å². The van der Waals surface area contributed by atoms with Gasteiger partial charge in [0.15, 0.2) is 11.3 Å². The van der Waals surface area contributed by atoms with Crippen LogP contribution in [0.15, 0.2) is 40.1 Å². The molecule has 5 atom stereocenters. The highest BCUT2D eigenvalue weighted by Gasteiger charge is 2.45. The lowest BCUT2D eigenvalue weighted by Gasteiger charge is -2.39. The minimum Gasteiger partial charge on any atom is -0.493 e. The summed E-state index contributed by atoms with van der Waals surface area (Å²) in [5.41, 5.74) is -0.777. The molecule has 9 nitrogen and oxygen atoms in total. The van der Waals surface area contributed by atoms with Gasteiger partial charge in [0.2, 0.25) is 12.0 Å². The van der Waals surface area contributed by atoms with E-state index < -0.39 is 48.4 Å². The molecule has 1 aliphatic rings. The number of benzene rings is 1. The molecule has 0 spiro atoms. The Hall–Kier alpha value is -2.43. The summed E-state index contributed by atoms with van der Waals surface area (Å²) in [6.45, 7) is 6.80. The Bertz CT molecular complexity index is 978. The van der Waals surface area contributed by atoms with Crippen molar-refractivity contribution >= 4 is 11.0 Å². The van der Waals surface area contributed by atoms with E-state index >= 15 is 0 Å². The molecule has 0 unspecified atom stereocenters. The van der Waals surface area contributed by atoms with E-state index in [1.165, 1.54) is 7.11 Å². The molecule has 3 rings (SSSR count). The topological polar surface area (TPSA) is 139 Å². The first-order valence-corrected chi connectivity index (χ1v) is 9.40. The van der Waals surface area contributed by atoms with Crippen LogP contribution in [0.2, 0.25) is 0 Å². The van der Waals surface area contributed by atoms with Crippen LogP contribution in [0, 0.1) is 0 Å². The van der Waals surface area contributed by atoms with Gasteiger partial charge in [0.25, 0.3) is 0 Å². The quantitative estimate of drug-likeness (QED) is 0.386. The monoisotopic (exact) mass is 422 g/mol. The van der Waals surface area contributed by atoms with Crippen LogP contribution in [-0.2, 0) is 10.2 Å². The maximum absolute atomic E-state index is 12.6. The van der Waals surface area contributed by atoms with Gasteiger partial charge < -0.3 is 39.1 Å². The Labute approximate surface area is 172 Å². The summed E-state index contributed by atoms with van der Waals surface area (Å²) >= 11 is 0. The van der Waals surface area contributed by atoms with Crippen molar-refractivity contribution in [3.63, 3.8) is 0 Å². The fourth-order valence-corrected chi connectivity index (χ4v) is 3.25. The molecule has 1 aliphatic heterocycles. The zero-order valence-electron chi connectivity index (χ0n) is 16.9. The Balaban J connectivity index is 2.09. The molecule has 0 saturated carbocycles. The van der Waals surface area contributed by atoms with Crippen molar-refractivity contribution < 1.29 is 39.1 Å². The number of fused-ring (bicyclic) bond motifs is 1. The van der Waals surface area contributed by atoms with E-state index in [0.717, 1.165) is 0 Å². The summed E-state index contributed by atoms with van der Waals surface area (Å²) < 4.78 is 21.9. The van der Waals surface area contributed by atoms with Crippen molar-refractivity contribution in [1.29, 1.82) is 0 Å². The van der Waals surface area contributed by atoms with Gasteiger partial charge in [0, 0.05) is 16.4 Å². The maximum atomic E-state index is 12.6. The van der Waals surface area contributed by atoms with Crippen LogP contribution in [0.5, 0.6) is 11.5 Å². The average molecular weight is 422 g/mol. The molecular weight excluding hydrogens is 396 g/mol. The van der Waals surface area contributed by atoms with Crippen LogP contribution in [-0.4, -0.2) is 64.8 Å². The Kier molecular flexibility index (Phi) is 6.21. The second-order valence-corrected chi connectivity index (χ2v) is 7.70. The third-order valence-corrected chi connectivity index (χ3v) is 5.33. The van der Waals surface area contributed by atoms with Gasteiger partial charge in [-0.05, 0) is 18.2 Å². The molecule has 0 bridgehead atoms. The Morgan fingerprint density at radius 1 is 1.20 bits per heavy atom. The number of hydrogen-bond donors (Lipinski definition) is 4. The molecule has 2 aromatic rings. The molecule has 1 aromatic carbocycles. The maximum Gasteiger partial charge on any atom is 0.340 e. The molecule has 0 aliphatic carbocycles. The Morgan fingerprint density at radius 3 is 2.50 bits per heavy atom. The second-order valence-electron chi connectivity index (χ2n) is 7.70. The normalized spacial score (nSPS) is 27.1. The van der Waals surface area contributed by atoms with Crippen LogP contribution in [0.25, 0.3) is 11.0 Å². The minimum atomic E-state index is -1.63. The van der Waals surface area contributed by atoms with Crippen molar-refractivity contribution in [2.75, 3.05) is 13.7 Å². The van der Waals surface area contributed by atoms with E-state index in [2.05, 4.69) is 6.58 Å². The van der Waals surface area contributed by atoms with Gasteiger partial charge in [0.1, 0.15) is 24.4 Å². The van der Waals surface area contributed by atoms with Gasteiger partial charge >= 0.3 is 5.63 Å². The average Bonchev–Trinajstić information content (AvgIpc) is 2.73. The highest BCUT2D eigenvalue weighted by Crippen LogP contribution is 2.38. The van der Waals surface area contributed by atoms with Crippen LogP contribution < -0.4 is 15.1 Å². The fraction of sp³-hybridized carbons (Fsp3) is 0.476. The zero-order valence-corrected chi connectivity index (χ0v) is 16.9. The van der Waals surface area contributed by atoms with Gasteiger partial charge in [-0.25, -0.2) is 4.79 Å². The Morgan fingerprint density at radius 2 is 1.90 bits per heavy atom. The zero-order chi connectivity index (χ0) is 22.2. The minimum absolute atomic E-state index is 0.0283. The summed E-state index contributed by atoms with van der Waals surface area (Å²) in [5, 5.41) is 40.1. The molecule has 1 fully saturated rings. The highest BCUT2D eigenvalue weighted by atomic mass is 16.7. The number of methoxy groups -OCH3 is 1. The molecule has 0 amide bonds. The predicted octanol–water partition coefficient (Wildman–Crippen LogP) is 0.444. The van der Waals surface area contributed by atoms with E-state index in [1.807, 2.05) is 13.8 Å². The van der Waals surface area contributed by atoms with Crippen LogP contribution in [0.1, 0.15) is 19.4 Å². The predicted molar refractivity (Wildman–Crippen MR) is 107 cm³/mol. The van der Waals surface area contributed by atoms with Crippen molar-refractivity contribution in [2.24, 2.45) is 0 Å².